The molecule has 2 fully saturated rings. The summed E-state index contributed by atoms with van der Waals surface area (Å²) in [5.41, 5.74) is 2.36. The Morgan fingerprint density at radius 1 is 0.950 bits per heavy atom. The average molecular weight is 285 g/mol. The number of rotatable bonds is 2. The van der Waals surface area contributed by atoms with Crippen molar-refractivity contribution in [1.82, 2.24) is 15.3 Å². The first kappa shape index (κ1) is 14.9. The summed E-state index contributed by atoms with van der Waals surface area (Å²) in [5.74, 6) is 0. The molecule has 0 bridgehead atoms. The van der Waals surface area contributed by atoms with E-state index in [1.165, 1.54) is 13.5 Å². The third kappa shape index (κ3) is 4.00. The van der Waals surface area contributed by atoms with E-state index in [-0.39, 0.29) is 12.2 Å². The monoisotopic (exact) mass is 285 g/mol. The molecule has 7 heteroatoms. The van der Waals surface area contributed by atoms with Gasteiger partial charge in [0.25, 0.3) is 0 Å². The highest BCUT2D eigenvalue weighted by atomic mass is 16.7. The van der Waals surface area contributed by atoms with Gasteiger partial charge >= 0.3 is 12.2 Å². The van der Waals surface area contributed by atoms with Gasteiger partial charge in [0.1, 0.15) is 6.10 Å². The molecule has 0 radical (unpaired) electrons. The molecular formula is C13H23N3O4. The van der Waals surface area contributed by atoms with Crippen molar-refractivity contribution >= 4 is 12.2 Å². The van der Waals surface area contributed by atoms with Gasteiger partial charge in [-0.3, -0.25) is 0 Å². The number of carbonyl (C=O) groups excluding carboxylic acids is 2. The van der Waals surface area contributed by atoms with E-state index in [2.05, 4.69) is 5.48 Å². The molecule has 1 saturated heterocycles. The maximum Gasteiger partial charge on any atom is 0.428 e. The number of nitrogens with one attached hydrogen (secondary N) is 1. The van der Waals surface area contributed by atoms with E-state index < -0.39 is 6.09 Å². The second kappa shape index (κ2) is 7.33. The molecular weight excluding hydrogens is 262 g/mol. The van der Waals surface area contributed by atoms with Gasteiger partial charge in [0, 0.05) is 33.2 Å². The van der Waals surface area contributed by atoms with E-state index in [9.17, 15) is 9.59 Å². The Bertz CT molecular complexity index is 337. The first-order valence-corrected chi connectivity index (χ1v) is 7.28. The van der Waals surface area contributed by atoms with Crippen LogP contribution in [0, 0.1) is 0 Å². The van der Waals surface area contributed by atoms with Crippen LogP contribution in [0.2, 0.25) is 0 Å². The van der Waals surface area contributed by atoms with Crippen LogP contribution in [0.1, 0.15) is 32.1 Å². The maximum atomic E-state index is 12.0. The van der Waals surface area contributed by atoms with Crippen molar-refractivity contribution in [3.05, 3.63) is 0 Å². The summed E-state index contributed by atoms with van der Waals surface area (Å²) in [6.07, 6.45) is 4.87. The predicted molar refractivity (Wildman–Crippen MR) is 72.0 cm³/mol. The highest BCUT2D eigenvalue weighted by molar-refractivity contribution is 5.70. The number of hydroxylamine groups is 1. The first-order chi connectivity index (χ1) is 9.70. The van der Waals surface area contributed by atoms with E-state index >= 15 is 0 Å². The number of piperazine rings is 1. The fourth-order valence-corrected chi connectivity index (χ4v) is 2.62. The van der Waals surface area contributed by atoms with Crippen LogP contribution in [-0.2, 0) is 9.57 Å². The van der Waals surface area contributed by atoms with Gasteiger partial charge in [-0.1, -0.05) is 6.42 Å². The normalized spacial score (nSPS) is 20.6. The highest BCUT2D eigenvalue weighted by Crippen LogP contribution is 2.21. The van der Waals surface area contributed by atoms with Crippen LogP contribution in [0.4, 0.5) is 9.59 Å². The molecule has 1 saturated carbocycles. The Morgan fingerprint density at radius 2 is 1.50 bits per heavy atom. The zero-order valence-corrected chi connectivity index (χ0v) is 12.0. The molecule has 0 aromatic heterocycles. The summed E-state index contributed by atoms with van der Waals surface area (Å²) in [6, 6.07) is 0. The van der Waals surface area contributed by atoms with Crippen molar-refractivity contribution in [2.45, 2.75) is 38.2 Å². The van der Waals surface area contributed by atoms with Gasteiger partial charge in [-0.05, 0) is 25.7 Å². The van der Waals surface area contributed by atoms with Crippen LogP contribution in [0.5, 0.6) is 0 Å². The second-order valence-electron chi connectivity index (χ2n) is 5.19. The summed E-state index contributed by atoms with van der Waals surface area (Å²) < 4.78 is 5.51. The molecule has 0 atom stereocenters. The Kier molecular flexibility index (Phi) is 5.46. The maximum absolute atomic E-state index is 12.0. The third-order valence-corrected chi connectivity index (χ3v) is 3.81. The molecule has 0 aromatic carbocycles. The average Bonchev–Trinajstić information content (AvgIpc) is 2.48. The van der Waals surface area contributed by atoms with Crippen LogP contribution in [0.25, 0.3) is 0 Å². The Morgan fingerprint density at radius 3 is 2.05 bits per heavy atom. The van der Waals surface area contributed by atoms with Gasteiger partial charge < -0.3 is 19.4 Å². The lowest BCUT2D eigenvalue weighted by atomic mass is 9.98. The van der Waals surface area contributed by atoms with E-state index in [1.54, 1.807) is 9.80 Å². The summed E-state index contributed by atoms with van der Waals surface area (Å²) in [7, 11) is 1.54. The van der Waals surface area contributed by atoms with Gasteiger partial charge in [0.05, 0.1) is 0 Å². The van der Waals surface area contributed by atoms with Crippen LogP contribution in [-0.4, -0.2) is 61.3 Å². The van der Waals surface area contributed by atoms with Crippen molar-refractivity contribution in [2.75, 3.05) is 33.2 Å². The Balaban J connectivity index is 1.72. The molecule has 1 aliphatic heterocycles. The molecule has 0 unspecified atom stereocenters. The van der Waals surface area contributed by atoms with E-state index in [4.69, 9.17) is 9.57 Å². The second-order valence-corrected chi connectivity index (χ2v) is 5.19. The zero-order chi connectivity index (χ0) is 14.4. The van der Waals surface area contributed by atoms with E-state index in [0.717, 1.165) is 25.7 Å². The molecule has 7 nitrogen and oxygen atoms in total. The molecule has 2 aliphatic rings. The Labute approximate surface area is 119 Å². The van der Waals surface area contributed by atoms with Gasteiger partial charge in [-0.25, -0.2) is 9.59 Å². The smallest absolute Gasteiger partial charge is 0.428 e. The third-order valence-electron chi connectivity index (χ3n) is 3.81. The number of hydrogen-bond acceptors (Lipinski definition) is 5. The lowest BCUT2D eigenvalue weighted by Gasteiger charge is -2.34. The minimum absolute atomic E-state index is 0.0727. The van der Waals surface area contributed by atoms with Gasteiger partial charge in [0.2, 0.25) is 0 Å². The fraction of sp³-hybridized carbons (Fsp3) is 0.846. The summed E-state index contributed by atoms with van der Waals surface area (Å²) in [5, 5.41) is 0. The van der Waals surface area contributed by atoms with Crippen molar-refractivity contribution in [3.63, 3.8) is 0 Å². The molecule has 2 amide bonds. The van der Waals surface area contributed by atoms with E-state index in [1.807, 2.05) is 0 Å². The van der Waals surface area contributed by atoms with Crippen molar-refractivity contribution in [3.8, 4) is 0 Å². The molecule has 20 heavy (non-hydrogen) atoms. The number of ether oxygens (including phenoxy) is 1. The molecule has 1 heterocycles. The van der Waals surface area contributed by atoms with Gasteiger partial charge in [-0.2, -0.15) is 5.48 Å². The highest BCUT2D eigenvalue weighted by Gasteiger charge is 2.27. The largest absolute Gasteiger partial charge is 0.446 e. The number of carbonyl (C=O) groups is 2. The summed E-state index contributed by atoms with van der Waals surface area (Å²) >= 11 is 0. The van der Waals surface area contributed by atoms with Crippen LogP contribution >= 0.6 is 0 Å². The standard InChI is InChI=1S/C13H23N3O4/c1-14-20-13(18)16-9-7-15(8-10-16)12(17)19-11-5-3-2-4-6-11/h11,14H,2-10H2,1H3. The molecule has 114 valence electrons. The predicted octanol–water partition coefficient (Wildman–Crippen LogP) is 1.34. The van der Waals surface area contributed by atoms with Crippen LogP contribution in [0.3, 0.4) is 0 Å². The molecule has 2 rings (SSSR count). The number of nitrogens with zero attached hydrogens (tertiary/aromatic N) is 2. The molecule has 1 aliphatic carbocycles. The van der Waals surface area contributed by atoms with Crippen molar-refractivity contribution < 1.29 is 19.2 Å². The number of hydrogen-bond donors (Lipinski definition) is 1. The first-order valence-electron chi connectivity index (χ1n) is 7.28. The number of amides is 2. The molecule has 0 spiro atoms. The molecule has 1 N–H and O–H groups in total. The SMILES string of the molecule is CNOC(=O)N1CCN(C(=O)OC2CCCCC2)CC1. The van der Waals surface area contributed by atoms with Crippen molar-refractivity contribution in [2.24, 2.45) is 0 Å². The quantitative estimate of drug-likeness (QED) is 0.775. The molecule has 0 aromatic rings. The minimum Gasteiger partial charge on any atom is -0.446 e. The van der Waals surface area contributed by atoms with Gasteiger partial charge in [-0.15, -0.1) is 0 Å². The van der Waals surface area contributed by atoms with E-state index in [0.29, 0.717) is 26.2 Å². The minimum atomic E-state index is -0.409. The lowest BCUT2D eigenvalue weighted by Crippen LogP contribution is -2.51. The van der Waals surface area contributed by atoms with Crippen molar-refractivity contribution in [1.29, 1.82) is 0 Å². The lowest BCUT2D eigenvalue weighted by molar-refractivity contribution is 0.0232. The summed E-state index contributed by atoms with van der Waals surface area (Å²) in [4.78, 5) is 31.5. The summed E-state index contributed by atoms with van der Waals surface area (Å²) in [6.45, 7) is 1.93. The van der Waals surface area contributed by atoms with Gasteiger partial charge in [0.15, 0.2) is 0 Å². The topological polar surface area (TPSA) is 71.1 Å². The fourth-order valence-electron chi connectivity index (χ4n) is 2.62. The zero-order valence-electron chi connectivity index (χ0n) is 12.0. The van der Waals surface area contributed by atoms with Crippen LogP contribution in [0.15, 0.2) is 0 Å². The van der Waals surface area contributed by atoms with Crippen LogP contribution < -0.4 is 5.48 Å². The Hall–Kier alpha value is -1.50.